The van der Waals surface area contributed by atoms with Crippen LogP contribution in [0.2, 0.25) is 0 Å². The number of rotatable bonds is 6. The molecular formula is C13H18O4. The molecule has 94 valence electrons. The molecule has 0 aromatic carbocycles. The molecule has 0 unspecified atom stereocenters. The molecule has 4 nitrogen and oxygen atoms in total. The second-order valence-electron chi connectivity index (χ2n) is 3.83. The fourth-order valence-corrected chi connectivity index (χ4v) is 1.49. The van der Waals surface area contributed by atoms with Crippen molar-refractivity contribution in [3.8, 4) is 0 Å². The number of ether oxygens (including phenoxy) is 1. The first kappa shape index (κ1) is 13.5. The fourth-order valence-electron chi connectivity index (χ4n) is 1.49. The van der Waals surface area contributed by atoms with E-state index in [9.17, 15) is 9.59 Å². The summed E-state index contributed by atoms with van der Waals surface area (Å²) in [5.74, 6) is 0.177. The summed E-state index contributed by atoms with van der Waals surface area (Å²) in [7, 11) is 0. The molecule has 0 spiro atoms. The number of esters is 1. The van der Waals surface area contributed by atoms with E-state index in [0.29, 0.717) is 24.4 Å². The van der Waals surface area contributed by atoms with Crippen LogP contribution in [0.15, 0.2) is 10.5 Å². The first-order valence-corrected chi connectivity index (χ1v) is 5.90. The van der Waals surface area contributed by atoms with E-state index in [4.69, 9.17) is 9.15 Å². The molecule has 0 atom stereocenters. The maximum absolute atomic E-state index is 11.7. The molecule has 0 bridgehead atoms. The minimum Gasteiger partial charge on any atom is -0.462 e. The molecule has 1 rings (SSSR count). The molecule has 0 aliphatic carbocycles. The molecule has 1 aromatic rings. The summed E-state index contributed by atoms with van der Waals surface area (Å²) in [6.07, 6.45) is 2.23. The highest BCUT2D eigenvalue weighted by molar-refractivity contribution is 5.98. The van der Waals surface area contributed by atoms with Crippen LogP contribution in [0, 0.1) is 6.92 Å². The molecule has 17 heavy (non-hydrogen) atoms. The number of aryl methyl sites for hydroxylation is 1. The van der Waals surface area contributed by atoms with Gasteiger partial charge in [0.15, 0.2) is 11.5 Å². The van der Waals surface area contributed by atoms with Gasteiger partial charge in [-0.15, -0.1) is 0 Å². The highest BCUT2D eigenvalue weighted by Gasteiger charge is 2.19. The third kappa shape index (κ3) is 3.44. The normalized spacial score (nSPS) is 10.3. The van der Waals surface area contributed by atoms with Crippen molar-refractivity contribution in [3.63, 3.8) is 0 Å². The highest BCUT2D eigenvalue weighted by Crippen LogP contribution is 2.18. The average molecular weight is 238 g/mol. The van der Waals surface area contributed by atoms with Gasteiger partial charge >= 0.3 is 5.97 Å². The van der Waals surface area contributed by atoms with Crippen molar-refractivity contribution in [2.24, 2.45) is 0 Å². The van der Waals surface area contributed by atoms with Gasteiger partial charge in [-0.2, -0.15) is 0 Å². The minimum atomic E-state index is -0.441. The van der Waals surface area contributed by atoms with Crippen molar-refractivity contribution < 1.29 is 18.7 Å². The maximum Gasteiger partial charge on any atom is 0.341 e. The lowest BCUT2D eigenvalue weighted by atomic mass is 10.1. The highest BCUT2D eigenvalue weighted by atomic mass is 16.5. The van der Waals surface area contributed by atoms with Crippen molar-refractivity contribution in [2.45, 2.75) is 40.0 Å². The van der Waals surface area contributed by atoms with Crippen molar-refractivity contribution in [2.75, 3.05) is 6.61 Å². The molecule has 1 aromatic heterocycles. The molecule has 0 N–H and O–H groups in total. The Kier molecular flexibility index (Phi) is 4.94. The molecule has 4 heteroatoms. The van der Waals surface area contributed by atoms with Crippen LogP contribution >= 0.6 is 0 Å². The average Bonchev–Trinajstić information content (AvgIpc) is 2.68. The third-order valence-electron chi connectivity index (χ3n) is 2.45. The Hall–Kier alpha value is -1.58. The van der Waals surface area contributed by atoms with Crippen LogP contribution in [-0.2, 0) is 4.74 Å². The molecule has 0 saturated carbocycles. The summed E-state index contributed by atoms with van der Waals surface area (Å²) >= 11 is 0. The number of unbranched alkanes of at least 4 members (excludes halogenated alkanes) is 1. The molecule has 1 heterocycles. The molecule has 0 saturated heterocycles. The first-order valence-electron chi connectivity index (χ1n) is 5.90. The summed E-state index contributed by atoms with van der Waals surface area (Å²) in [4.78, 5) is 23.2. The van der Waals surface area contributed by atoms with Crippen molar-refractivity contribution in [1.82, 2.24) is 0 Å². The smallest absolute Gasteiger partial charge is 0.341 e. The topological polar surface area (TPSA) is 56.5 Å². The fraction of sp³-hybridized carbons (Fsp3) is 0.538. The number of ketones is 1. The van der Waals surface area contributed by atoms with Gasteiger partial charge < -0.3 is 9.15 Å². The lowest BCUT2D eigenvalue weighted by Crippen LogP contribution is -2.04. The lowest BCUT2D eigenvalue weighted by molar-refractivity contribution is 0.0524. The summed E-state index contributed by atoms with van der Waals surface area (Å²) in [6, 6.07) is 1.48. The predicted molar refractivity (Wildman–Crippen MR) is 63.3 cm³/mol. The summed E-state index contributed by atoms with van der Waals surface area (Å²) < 4.78 is 10.2. The van der Waals surface area contributed by atoms with Gasteiger partial charge in [-0.05, 0) is 20.3 Å². The maximum atomic E-state index is 11.7. The van der Waals surface area contributed by atoms with E-state index in [2.05, 4.69) is 0 Å². The largest absolute Gasteiger partial charge is 0.462 e. The molecule has 0 radical (unpaired) electrons. The Morgan fingerprint density at radius 2 is 2.06 bits per heavy atom. The lowest BCUT2D eigenvalue weighted by Gasteiger charge is -1.97. The SMILES string of the molecule is CCCCC(=O)c1cc(C(=O)OCC)c(C)o1. The second-order valence-corrected chi connectivity index (χ2v) is 3.83. The molecule has 0 aliphatic heterocycles. The summed E-state index contributed by atoms with van der Waals surface area (Å²) in [5.41, 5.74) is 0.340. The Morgan fingerprint density at radius 3 is 2.65 bits per heavy atom. The number of hydrogen-bond donors (Lipinski definition) is 0. The molecule has 0 fully saturated rings. The zero-order valence-corrected chi connectivity index (χ0v) is 10.5. The monoisotopic (exact) mass is 238 g/mol. The van der Waals surface area contributed by atoms with Gasteiger partial charge in [-0.1, -0.05) is 13.3 Å². The van der Waals surface area contributed by atoms with Crippen LogP contribution in [0.3, 0.4) is 0 Å². The van der Waals surface area contributed by atoms with Crippen LogP contribution in [0.1, 0.15) is 59.8 Å². The summed E-state index contributed by atoms with van der Waals surface area (Å²) in [5, 5.41) is 0. The van der Waals surface area contributed by atoms with E-state index in [0.717, 1.165) is 12.8 Å². The Morgan fingerprint density at radius 1 is 1.35 bits per heavy atom. The van der Waals surface area contributed by atoms with Crippen LogP contribution < -0.4 is 0 Å². The molecular weight excluding hydrogens is 220 g/mol. The number of carbonyl (C=O) groups is 2. The van der Waals surface area contributed by atoms with Gasteiger partial charge in [0.2, 0.25) is 0 Å². The second kappa shape index (κ2) is 6.23. The van der Waals surface area contributed by atoms with Crippen molar-refractivity contribution >= 4 is 11.8 Å². The predicted octanol–water partition coefficient (Wildman–Crippen LogP) is 3.14. The van der Waals surface area contributed by atoms with Crippen molar-refractivity contribution in [3.05, 3.63) is 23.2 Å². The molecule has 0 amide bonds. The van der Waals surface area contributed by atoms with E-state index in [1.54, 1.807) is 13.8 Å². The Labute approximate surface area is 101 Å². The quantitative estimate of drug-likeness (QED) is 0.564. The third-order valence-corrected chi connectivity index (χ3v) is 2.45. The zero-order chi connectivity index (χ0) is 12.8. The van der Waals surface area contributed by atoms with Gasteiger partial charge in [0.1, 0.15) is 11.3 Å². The van der Waals surface area contributed by atoms with Crippen LogP contribution in [0.25, 0.3) is 0 Å². The number of Topliss-reactive ketones (excluding diaryl/α,β-unsaturated/α-hetero) is 1. The number of furan rings is 1. The molecule has 0 aliphatic rings. The van der Waals surface area contributed by atoms with Crippen molar-refractivity contribution in [1.29, 1.82) is 0 Å². The van der Waals surface area contributed by atoms with Gasteiger partial charge in [0, 0.05) is 12.5 Å². The van der Waals surface area contributed by atoms with Gasteiger partial charge in [0.25, 0.3) is 0 Å². The first-order chi connectivity index (χ1) is 8.10. The van der Waals surface area contributed by atoms with E-state index >= 15 is 0 Å². The van der Waals surface area contributed by atoms with E-state index in [1.165, 1.54) is 6.07 Å². The van der Waals surface area contributed by atoms with Crippen LogP contribution in [0.5, 0.6) is 0 Å². The number of hydrogen-bond acceptors (Lipinski definition) is 4. The Bertz CT molecular complexity index is 404. The van der Waals surface area contributed by atoms with Gasteiger partial charge in [0.05, 0.1) is 6.61 Å². The van der Waals surface area contributed by atoms with Gasteiger partial charge in [-0.25, -0.2) is 4.79 Å². The van der Waals surface area contributed by atoms with Gasteiger partial charge in [-0.3, -0.25) is 4.79 Å². The number of carbonyl (C=O) groups excluding carboxylic acids is 2. The van der Waals surface area contributed by atoms with E-state index in [1.807, 2.05) is 6.92 Å². The van der Waals surface area contributed by atoms with Crippen LogP contribution in [0.4, 0.5) is 0 Å². The summed E-state index contributed by atoms with van der Waals surface area (Å²) in [6.45, 7) is 5.72. The van der Waals surface area contributed by atoms with Crippen LogP contribution in [-0.4, -0.2) is 18.4 Å². The van der Waals surface area contributed by atoms with E-state index in [-0.39, 0.29) is 11.5 Å². The van der Waals surface area contributed by atoms with E-state index < -0.39 is 5.97 Å². The minimum absolute atomic E-state index is 0.0644. The Balaban J connectivity index is 2.80. The standard InChI is InChI=1S/C13H18O4/c1-4-6-7-11(14)12-8-10(9(3)17-12)13(15)16-5-2/h8H,4-7H2,1-3H3. The zero-order valence-electron chi connectivity index (χ0n) is 10.5.